The summed E-state index contributed by atoms with van der Waals surface area (Å²) in [6, 6.07) is 8.16. The van der Waals surface area contributed by atoms with E-state index in [0.29, 0.717) is 6.61 Å². The predicted octanol–water partition coefficient (Wildman–Crippen LogP) is 1.90. The Hall–Kier alpha value is -0.860. The van der Waals surface area contributed by atoms with E-state index in [1.807, 2.05) is 12.1 Å². The third-order valence-electron chi connectivity index (χ3n) is 2.76. The molecule has 1 N–H and O–H groups in total. The van der Waals surface area contributed by atoms with Gasteiger partial charge in [-0.05, 0) is 24.0 Å². The van der Waals surface area contributed by atoms with Gasteiger partial charge in [0.25, 0.3) is 0 Å². The Morgan fingerprint density at radius 2 is 1.93 bits per heavy atom. The summed E-state index contributed by atoms with van der Waals surface area (Å²) in [7, 11) is 1.70. The second-order valence-electron chi connectivity index (χ2n) is 4.10. The maximum absolute atomic E-state index is 9.83. The highest BCUT2D eigenvalue weighted by Crippen LogP contribution is 2.38. The molecule has 0 heterocycles. The molecular formula is C12H16O2. The first-order valence-electron chi connectivity index (χ1n) is 5.02. The Bertz CT molecular complexity index is 316. The molecule has 1 aliphatic rings. The lowest BCUT2D eigenvalue weighted by atomic mass is 10.0. The summed E-state index contributed by atoms with van der Waals surface area (Å²) < 4.78 is 5.12. The van der Waals surface area contributed by atoms with Gasteiger partial charge in [0, 0.05) is 13.5 Å². The van der Waals surface area contributed by atoms with Crippen molar-refractivity contribution in [2.75, 3.05) is 7.11 Å². The lowest BCUT2D eigenvalue weighted by Crippen LogP contribution is -2.12. The Labute approximate surface area is 84.5 Å². The molecule has 2 nitrogen and oxygen atoms in total. The van der Waals surface area contributed by atoms with E-state index in [1.54, 1.807) is 7.11 Å². The van der Waals surface area contributed by atoms with E-state index in [9.17, 15) is 5.11 Å². The highest BCUT2D eigenvalue weighted by Gasteiger charge is 2.40. The molecule has 2 heteroatoms. The Morgan fingerprint density at radius 1 is 1.29 bits per heavy atom. The average Bonchev–Trinajstić information content (AvgIpc) is 2.88. The summed E-state index contributed by atoms with van der Waals surface area (Å²) in [6.45, 7) is 0.631. The molecule has 0 amide bonds. The monoisotopic (exact) mass is 192 g/mol. The van der Waals surface area contributed by atoms with Crippen LogP contribution in [0.15, 0.2) is 24.3 Å². The van der Waals surface area contributed by atoms with Crippen molar-refractivity contribution in [1.29, 1.82) is 0 Å². The molecule has 1 aromatic carbocycles. The van der Waals surface area contributed by atoms with Gasteiger partial charge in [0.1, 0.15) is 0 Å². The van der Waals surface area contributed by atoms with Crippen molar-refractivity contribution in [3.63, 3.8) is 0 Å². The molecule has 1 aromatic rings. The van der Waals surface area contributed by atoms with Gasteiger partial charge in [-0.15, -0.1) is 0 Å². The van der Waals surface area contributed by atoms with Gasteiger partial charge in [0.05, 0.1) is 12.2 Å². The van der Waals surface area contributed by atoms with Crippen LogP contribution in [0, 0.1) is 0 Å². The minimum Gasteiger partial charge on any atom is -0.390 e. The summed E-state index contributed by atoms with van der Waals surface area (Å²) >= 11 is 0. The van der Waals surface area contributed by atoms with Gasteiger partial charge in [-0.3, -0.25) is 0 Å². The van der Waals surface area contributed by atoms with E-state index in [1.165, 1.54) is 11.1 Å². The van der Waals surface area contributed by atoms with E-state index in [2.05, 4.69) is 12.1 Å². The average molecular weight is 192 g/mol. The fourth-order valence-electron chi connectivity index (χ4n) is 1.70. The zero-order valence-electron chi connectivity index (χ0n) is 8.49. The minimum absolute atomic E-state index is 0.413. The smallest absolute Gasteiger partial charge is 0.0715 e. The highest BCUT2D eigenvalue weighted by atomic mass is 16.5. The number of benzene rings is 1. The summed E-state index contributed by atoms with van der Waals surface area (Å²) in [5.74, 6) is 0. The first-order chi connectivity index (χ1) is 6.73. The van der Waals surface area contributed by atoms with Crippen LogP contribution in [0.1, 0.15) is 24.0 Å². The van der Waals surface area contributed by atoms with Crippen molar-refractivity contribution >= 4 is 0 Å². The fraction of sp³-hybridized carbons (Fsp3) is 0.500. The Kier molecular flexibility index (Phi) is 2.57. The molecule has 1 saturated carbocycles. The van der Waals surface area contributed by atoms with Crippen LogP contribution in [0.4, 0.5) is 0 Å². The molecule has 0 aliphatic heterocycles. The van der Waals surface area contributed by atoms with Gasteiger partial charge in [-0.1, -0.05) is 24.3 Å². The molecule has 2 rings (SSSR count). The number of hydrogen-bond acceptors (Lipinski definition) is 2. The molecule has 76 valence electrons. The van der Waals surface area contributed by atoms with Crippen LogP contribution in [0.5, 0.6) is 0 Å². The van der Waals surface area contributed by atoms with Crippen LogP contribution < -0.4 is 0 Å². The standard InChI is InChI=1S/C12H16O2/c1-14-9-11-5-3-2-4-10(11)8-12(13)6-7-12/h2-5,13H,6-9H2,1H3. The van der Waals surface area contributed by atoms with E-state index in [0.717, 1.165) is 19.3 Å². The lowest BCUT2D eigenvalue weighted by Gasteiger charge is -2.11. The Balaban J connectivity index is 2.14. The molecule has 0 saturated heterocycles. The van der Waals surface area contributed by atoms with E-state index < -0.39 is 5.60 Å². The molecule has 0 spiro atoms. The van der Waals surface area contributed by atoms with E-state index >= 15 is 0 Å². The van der Waals surface area contributed by atoms with Gasteiger partial charge in [0.15, 0.2) is 0 Å². The number of aliphatic hydroxyl groups is 1. The molecule has 0 radical (unpaired) electrons. The third kappa shape index (κ3) is 2.14. The van der Waals surface area contributed by atoms with Gasteiger partial charge in [0.2, 0.25) is 0 Å². The fourth-order valence-corrected chi connectivity index (χ4v) is 1.70. The van der Waals surface area contributed by atoms with Crippen molar-refractivity contribution in [3.05, 3.63) is 35.4 Å². The Morgan fingerprint density at radius 3 is 2.50 bits per heavy atom. The molecule has 0 atom stereocenters. The quantitative estimate of drug-likeness (QED) is 0.789. The SMILES string of the molecule is COCc1ccccc1CC1(O)CC1. The number of rotatable bonds is 4. The number of hydrogen-bond donors (Lipinski definition) is 1. The summed E-state index contributed by atoms with van der Waals surface area (Å²) in [5.41, 5.74) is 1.99. The first kappa shape index (κ1) is 9.69. The molecule has 14 heavy (non-hydrogen) atoms. The summed E-state index contributed by atoms with van der Waals surface area (Å²) in [4.78, 5) is 0. The largest absolute Gasteiger partial charge is 0.390 e. The van der Waals surface area contributed by atoms with E-state index in [-0.39, 0.29) is 0 Å². The summed E-state index contributed by atoms with van der Waals surface area (Å²) in [5, 5.41) is 9.83. The normalized spacial score (nSPS) is 18.1. The maximum atomic E-state index is 9.83. The predicted molar refractivity (Wildman–Crippen MR) is 55.0 cm³/mol. The van der Waals surface area contributed by atoms with Crippen molar-refractivity contribution in [1.82, 2.24) is 0 Å². The van der Waals surface area contributed by atoms with Crippen molar-refractivity contribution in [3.8, 4) is 0 Å². The minimum atomic E-state index is -0.413. The molecule has 0 aromatic heterocycles. The third-order valence-corrected chi connectivity index (χ3v) is 2.76. The topological polar surface area (TPSA) is 29.5 Å². The molecule has 1 fully saturated rings. The molecule has 0 bridgehead atoms. The van der Waals surface area contributed by atoms with Crippen LogP contribution in [-0.4, -0.2) is 17.8 Å². The highest BCUT2D eigenvalue weighted by molar-refractivity contribution is 5.29. The van der Waals surface area contributed by atoms with E-state index in [4.69, 9.17) is 4.74 Å². The second-order valence-corrected chi connectivity index (χ2v) is 4.10. The van der Waals surface area contributed by atoms with Crippen molar-refractivity contribution in [2.45, 2.75) is 31.5 Å². The van der Waals surface area contributed by atoms with Gasteiger partial charge in [-0.2, -0.15) is 0 Å². The number of ether oxygens (including phenoxy) is 1. The van der Waals surface area contributed by atoms with Crippen LogP contribution in [0.2, 0.25) is 0 Å². The summed E-state index contributed by atoms with van der Waals surface area (Å²) in [6.07, 6.45) is 2.65. The molecular weight excluding hydrogens is 176 g/mol. The van der Waals surface area contributed by atoms with Gasteiger partial charge >= 0.3 is 0 Å². The van der Waals surface area contributed by atoms with Crippen LogP contribution in [-0.2, 0) is 17.8 Å². The van der Waals surface area contributed by atoms with Gasteiger partial charge < -0.3 is 9.84 Å². The zero-order valence-corrected chi connectivity index (χ0v) is 8.49. The van der Waals surface area contributed by atoms with Gasteiger partial charge in [-0.25, -0.2) is 0 Å². The lowest BCUT2D eigenvalue weighted by molar-refractivity contribution is 0.148. The zero-order chi connectivity index (χ0) is 10.0. The van der Waals surface area contributed by atoms with Crippen LogP contribution in [0.3, 0.4) is 0 Å². The molecule has 0 unspecified atom stereocenters. The second kappa shape index (κ2) is 3.71. The van der Waals surface area contributed by atoms with Crippen LogP contribution >= 0.6 is 0 Å². The maximum Gasteiger partial charge on any atom is 0.0715 e. The molecule has 1 aliphatic carbocycles. The van der Waals surface area contributed by atoms with Crippen molar-refractivity contribution < 1.29 is 9.84 Å². The number of methoxy groups -OCH3 is 1. The van der Waals surface area contributed by atoms with Crippen LogP contribution in [0.25, 0.3) is 0 Å². The van der Waals surface area contributed by atoms with Crippen molar-refractivity contribution in [2.24, 2.45) is 0 Å². The first-order valence-corrected chi connectivity index (χ1v) is 5.02.